The highest BCUT2D eigenvalue weighted by Crippen LogP contribution is 2.39. The van der Waals surface area contributed by atoms with Crippen molar-refractivity contribution in [2.24, 2.45) is 0 Å². The monoisotopic (exact) mass is 366 g/mol. The fourth-order valence-corrected chi connectivity index (χ4v) is 4.53. The summed E-state index contributed by atoms with van der Waals surface area (Å²) < 4.78 is 7.61. The molecule has 3 aliphatic rings. The average Bonchev–Trinajstić information content (AvgIpc) is 2.98. The van der Waals surface area contributed by atoms with Crippen molar-refractivity contribution in [2.75, 3.05) is 31.2 Å². The van der Waals surface area contributed by atoms with E-state index in [-0.39, 0.29) is 5.91 Å². The van der Waals surface area contributed by atoms with Crippen molar-refractivity contribution < 1.29 is 9.53 Å². The molecule has 0 bridgehead atoms. The molecule has 1 aromatic heterocycles. The molecule has 4 heterocycles. The maximum Gasteiger partial charge on any atom is 0.219 e. The molecule has 3 aliphatic heterocycles. The summed E-state index contributed by atoms with van der Waals surface area (Å²) in [6.07, 6.45) is 3.11. The standard InChI is InChI=1S/C21H26N4O2/c1-14-5-6-19-16(10-14)4-3-8-24(19)21-18-11-23(15(2)26)9-7-20(18)25(22-21)17-12-27-13-17/h5-6,10,17H,3-4,7-9,11-13H2,1-2H3. The van der Waals surface area contributed by atoms with Gasteiger partial charge >= 0.3 is 0 Å². The molecule has 27 heavy (non-hydrogen) atoms. The zero-order valence-corrected chi connectivity index (χ0v) is 16.1. The van der Waals surface area contributed by atoms with Gasteiger partial charge in [-0.25, -0.2) is 0 Å². The summed E-state index contributed by atoms with van der Waals surface area (Å²) in [5.41, 5.74) is 6.48. The first-order valence-electron chi connectivity index (χ1n) is 9.92. The van der Waals surface area contributed by atoms with Crippen LogP contribution >= 0.6 is 0 Å². The van der Waals surface area contributed by atoms with Crippen LogP contribution in [0.25, 0.3) is 0 Å². The van der Waals surface area contributed by atoms with E-state index >= 15 is 0 Å². The molecule has 0 radical (unpaired) electrons. The Hall–Kier alpha value is -2.34. The summed E-state index contributed by atoms with van der Waals surface area (Å²) in [6.45, 7) is 7.69. The highest BCUT2D eigenvalue weighted by molar-refractivity contribution is 5.75. The van der Waals surface area contributed by atoms with Crippen LogP contribution in [0.1, 0.15) is 41.8 Å². The number of fused-ring (bicyclic) bond motifs is 2. The molecule has 6 heteroatoms. The molecule has 0 spiro atoms. The van der Waals surface area contributed by atoms with Gasteiger partial charge in [-0.2, -0.15) is 5.10 Å². The van der Waals surface area contributed by atoms with Gasteiger partial charge in [0.25, 0.3) is 0 Å². The maximum atomic E-state index is 12.0. The SMILES string of the molecule is CC(=O)N1CCc2c(c(N3CCCc4cc(C)ccc43)nn2C2COC2)C1. The van der Waals surface area contributed by atoms with Crippen LogP contribution in [-0.2, 0) is 28.9 Å². The fourth-order valence-electron chi connectivity index (χ4n) is 4.53. The lowest BCUT2D eigenvalue weighted by atomic mass is 9.98. The fraction of sp³-hybridized carbons (Fsp3) is 0.524. The van der Waals surface area contributed by atoms with Gasteiger partial charge in [-0.15, -0.1) is 0 Å². The van der Waals surface area contributed by atoms with Crippen LogP contribution in [0.5, 0.6) is 0 Å². The third kappa shape index (κ3) is 2.74. The lowest BCUT2D eigenvalue weighted by molar-refractivity contribution is -0.129. The molecule has 2 aromatic rings. The summed E-state index contributed by atoms with van der Waals surface area (Å²) in [4.78, 5) is 16.3. The number of amides is 1. The molecule has 1 saturated heterocycles. The van der Waals surface area contributed by atoms with E-state index in [4.69, 9.17) is 9.84 Å². The Morgan fingerprint density at radius 2 is 2.07 bits per heavy atom. The van der Waals surface area contributed by atoms with E-state index in [1.165, 1.54) is 28.1 Å². The summed E-state index contributed by atoms with van der Waals surface area (Å²) in [7, 11) is 0. The molecule has 0 unspecified atom stereocenters. The Morgan fingerprint density at radius 1 is 1.22 bits per heavy atom. The van der Waals surface area contributed by atoms with Crippen molar-refractivity contribution in [1.29, 1.82) is 0 Å². The Morgan fingerprint density at radius 3 is 2.81 bits per heavy atom. The van der Waals surface area contributed by atoms with Crippen LogP contribution in [0.4, 0.5) is 11.5 Å². The number of anilines is 2. The number of aryl methyl sites for hydroxylation is 2. The van der Waals surface area contributed by atoms with Crippen molar-refractivity contribution in [1.82, 2.24) is 14.7 Å². The van der Waals surface area contributed by atoms with Crippen molar-refractivity contribution in [3.63, 3.8) is 0 Å². The van der Waals surface area contributed by atoms with E-state index in [1.807, 2.05) is 4.90 Å². The first-order chi connectivity index (χ1) is 13.1. The molecular formula is C21H26N4O2. The highest BCUT2D eigenvalue weighted by Gasteiger charge is 2.34. The summed E-state index contributed by atoms with van der Waals surface area (Å²) in [6, 6.07) is 7.04. The number of aromatic nitrogens is 2. The Labute approximate surface area is 159 Å². The third-order valence-electron chi connectivity index (χ3n) is 6.09. The van der Waals surface area contributed by atoms with E-state index in [1.54, 1.807) is 6.92 Å². The van der Waals surface area contributed by atoms with Crippen LogP contribution in [0.15, 0.2) is 18.2 Å². The van der Waals surface area contributed by atoms with Gasteiger partial charge in [-0.05, 0) is 31.4 Å². The molecule has 0 aliphatic carbocycles. The Balaban J connectivity index is 1.61. The molecule has 0 saturated carbocycles. The van der Waals surface area contributed by atoms with Crippen molar-refractivity contribution in [2.45, 2.75) is 45.7 Å². The van der Waals surface area contributed by atoms with Gasteiger partial charge < -0.3 is 14.5 Å². The zero-order valence-electron chi connectivity index (χ0n) is 16.1. The van der Waals surface area contributed by atoms with Crippen molar-refractivity contribution in [3.8, 4) is 0 Å². The van der Waals surface area contributed by atoms with E-state index in [0.717, 1.165) is 51.4 Å². The number of benzene rings is 1. The second-order valence-electron chi connectivity index (χ2n) is 7.96. The van der Waals surface area contributed by atoms with Crippen LogP contribution in [0.3, 0.4) is 0 Å². The van der Waals surface area contributed by atoms with E-state index in [9.17, 15) is 4.79 Å². The first kappa shape index (κ1) is 16.8. The Kier molecular flexibility index (Phi) is 3.97. The van der Waals surface area contributed by atoms with Gasteiger partial charge in [-0.3, -0.25) is 9.48 Å². The molecular weight excluding hydrogens is 340 g/mol. The maximum absolute atomic E-state index is 12.0. The molecule has 1 aromatic carbocycles. The van der Waals surface area contributed by atoms with Crippen LogP contribution in [0.2, 0.25) is 0 Å². The summed E-state index contributed by atoms with van der Waals surface area (Å²) >= 11 is 0. The second kappa shape index (κ2) is 6.37. The number of carbonyl (C=O) groups excluding carboxylic acids is 1. The molecule has 5 rings (SSSR count). The number of carbonyl (C=O) groups is 1. The van der Waals surface area contributed by atoms with Gasteiger partial charge in [0.2, 0.25) is 5.91 Å². The van der Waals surface area contributed by atoms with Crippen LogP contribution < -0.4 is 4.90 Å². The second-order valence-corrected chi connectivity index (χ2v) is 7.96. The van der Waals surface area contributed by atoms with Crippen LogP contribution in [0, 0.1) is 6.92 Å². The minimum atomic E-state index is 0.140. The van der Waals surface area contributed by atoms with Crippen molar-refractivity contribution in [3.05, 3.63) is 40.6 Å². The van der Waals surface area contributed by atoms with E-state index < -0.39 is 0 Å². The van der Waals surface area contributed by atoms with Gasteiger partial charge in [0.15, 0.2) is 5.82 Å². The minimum absolute atomic E-state index is 0.140. The smallest absolute Gasteiger partial charge is 0.219 e. The number of hydrogen-bond acceptors (Lipinski definition) is 4. The quantitative estimate of drug-likeness (QED) is 0.820. The molecule has 142 valence electrons. The molecule has 0 atom stereocenters. The summed E-state index contributed by atoms with van der Waals surface area (Å²) in [5, 5.41) is 5.08. The zero-order chi connectivity index (χ0) is 18.5. The molecule has 6 nitrogen and oxygen atoms in total. The van der Waals surface area contributed by atoms with Gasteiger partial charge in [0.1, 0.15) is 0 Å². The first-order valence-corrected chi connectivity index (χ1v) is 9.92. The lowest BCUT2D eigenvalue weighted by Gasteiger charge is -2.32. The van der Waals surface area contributed by atoms with Crippen molar-refractivity contribution >= 4 is 17.4 Å². The average molecular weight is 366 g/mol. The largest absolute Gasteiger partial charge is 0.377 e. The molecule has 1 amide bonds. The minimum Gasteiger partial charge on any atom is -0.377 e. The Bertz CT molecular complexity index is 900. The predicted octanol–water partition coefficient (Wildman–Crippen LogP) is 2.75. The molecule has 1 fully saturated rings. The summed E-state index contributed by atoms with van der Waals surface area (Å²) in [5.74, 6) is 1.17. The predicted molar refractivity (Wildman–Crippen MR) is 103 cm³/mol. The number of nitrogens with zero attached hydrogens (tertiary/aromatic N) is 4. The molecule has 0 N–H and O–H groups in total. The normalized spacial score (nSPS) is 19.5. The lowest BCUT2D eigenvalue weighted by Crippen LogP contribution is -2.37. The van der Waals surface area contributed by atoms with Gasteiger partial charge in [0.05, 0.1) is 25.8 Å². The van der Waals surface area contributed by atoms with E-state index in [0.29, 0.717) is 12.6 Å². The van der Waals surface area contributed by atoms with Crippen LogP contribution in [-0.4, -0.2) is 46.9 Å². The van der Waals surface area contributed by atoms with E-state index in [2.05, 4.69) is 34.7 Å². The topological polar surface area (TPSA) is 50.6 Å². The van der Waals surface area contributed by atoms with Gasteiger partial charge in [-0.1, -0.05) is 17.7 Å². The van der Waals surface area contributed by atoms with Gasteiger partial charge in [0, 0.05) is 43.4 Å². The highest BCUT2D eigenvalue weighted by atomic mass is 16.5. The number of ether oxygens (including phenoxy) is 1. The number of rotatable bonds is 2. The number of hydrogen-bond donors (Lipinski definition) is 0. The third-order valence-corrected chi connectivity index (χ3v) is 6.09.